The van der Waals surface area contributed by atoms with Crippen molar-refractivity contribution in [1.29, 1.82) is 0 Å². The fraction of sp³-hybridized carbons (Fsp3) is 0.267. The number of nitrogens with zero attached hydrogens (tertiary/aromatic N) is 1. The monoisotopic (exact) mass is 302 g/mol. The highest BCUT2D eigenvalue weighted by Crippen LogP contribution is 2.34. The molecule has 114 valence electrons. The topological polar surface area (TPSA) is 90.5 Å². The number of H-pyrrole nitrogens is 1. The Kier molecular flexibility index (Phi) is 3.54. The summed E-state index contributed by atoms with van der Waals surface area (Å²) in [5.74, 6) is 0.568. The van der Waals surface area contributed by atoms with Crippen LogP contribution < -0.4 is 15.0 Å². The number of carbonyl (C=O) groups is 1. The van der Waals surface area contributed by atoms with Crippen molar-refractivity contribution in [3.05, 3.63) is 51.4 Å². The number of carbonyl (C=O) groups excluding carboxylic acids is 1. The minimum Gasteiger partial charge on any atom is -0.454 e. The van der Waals surface area contributed by atoms with Gasteiger partial charge in [0.25, 0.3) is 5.56 Å². The molecule has 1 aliphatic heterocycles. The van der Waals surface area contributed by atoms with Crippen molar-refractivity contribution in [2.24, 2.45) is 0 Å². The van der Waals surface area contributed by atoms with E-state index in [1.165, 1.54) is 6.07 Å². The van der Waals surface area contributed by atoms with Crippen LogP contribution in [-0.2, 0) is 4.74 Å². The van der Waals surface area contributed by atoms with Gasteiger partial charge in [-0.15, -0.1) is 0 Å². The van der Waals surface area contributed by atoms with Crippen LogP contribution in [-0.4, -0.2) is 23.0 Å². The third-order valence-corrected chi connectivity index (χ3v) is 3.30. The van der Waals surface area contributed by atoms with Gasteiger partial charge in [0.05, 0.1) is 5.69 Å². The molecule has 0 saturated carbocycles. The molecule has 7 nitrogen and oxygen atoms in total. The molecule has 0 bridgehead atoms. The van der Waals surface area contributed by atoms with Crippen LogP contribution in [0, 0.1) is 6.92 Å². The number of aromatic amines is 1. The van der Waals surface area contributed by atoms with E-state index in [0.717, 1.165) is 5.56 Å². The van der Waals surface area contributed by atoms with E-state index in [1.54, 1.807) is 32.0 Å². The minimum atomic E-state index is -0.697. The summed E-state index contributed by atoms with van der Waals surface area (Å²) in [5.41, 5.74) is 0.635. The molecule has 2 aromatic rings. The van der Waals surface area contributed by atoms with Gasteiger partial charge in [0, 0.05) is 0 Å². The van der Waals surface area contributed by atoms with Crippen molar-refractivity contribution in [2.45, 2.75) is 20.0 Å². The molecule has 1 atom stereocenters. The third kappa shape index (κ3) is 2.65. The van der Waals surface area contributed by atoms with E-state index in [2.05, 4.69) is 10.2 Å². The maximum atomic E-state index is 12.1. The van der Waals surface area contributed by atoms with Gasteiger partial charge in [0.2, 0.25) is 6.79 Å². The number of esters is 1. The van der Waals surface area contributed by atoms with Crippen LogP contribution in [0.25, 0.3) is 0 Å². The number of benzene rings is 1. The fourth-order valence-electron chi connectivity index (χ4n) is 2.12. The summed E-state index contributed by atoms with van der Waals surface area (Å²) in [7, 11) is 0. The number of rotatable bonds is 3. The fourth-order valence-corrected chi connectivity index (χ4v) is 2.12. The zero-order valence-electron chi connectivity index (χ0n) is 12.1. The number of hydrogen-bond acceptors (Lipinski definition) is 6. The van der Waals surface area contributed by atoms with Gasteiger partial charge in [-0.3, -0.25) is 4.79 Å². The number of nitrogens with one attached hydrogen (secondary N) is 1. The molecule has 1 aliphatic rings. The molecule has 1 unspecified atom stereocenters. The lowest BCUT2D eigenvalue weighted by Crippen LogP contribution is -2.22. The van der Waals surface area contributed by atoms with Crippen LogP contribution >= 0.6 is 0 Å². The van der Waals surface area contributed by atoms with Gasteiger partial charge in [-0.2, -0.15) is 5.10 Å². The smallest absolute Gasteiger partial charge is 0.344 e. The molecule has 22 heavy (non-hydrogen) atoms. The molecule has 2 heterocycles. The highest BCUT2D eigenvalue weighted by atomic mass is 16.7. The first-order valence-corrected chi connectivity index (χ1v) is 6.71. The van der Waals surface area contributed by atoms with Crippen LogP contribution in [0.4, 0.5) is 0 Å². The van der Waals surface area contributed by atoms with E-state index >= 15 is 0 Å². The SMILES string of the molecule is Cc1cc(C(=O)OC(C)c2ccc3c(c2)OCO3)c(=O)[nH]n1. The summed E-state index contributed by atoms with van der Waals surface area (Å²) in [6.45, 7) is 3.57. The van der Waals surface area contributed by atoms with Crippen LogP contribution in [0.15, 0.2) is 29.1 Å². The molecule has 0 amide bonds. The summed E-state index contributed by atoms with van der Waals surface area (Å²) in [6.07, 6.45) is -0.533. The van der Waals surface area contributed by atoms with Crippen LogP contribution in [0.3, 0.4) is 0 Å². The zero-order chi connectivity index (χ0) is 15.7. The molecule has 0 fully saturated rings. The Morgan fingerprint density at radius 1 is 1.32 bits per heavy atom. The van der Waals surface area contributed by atoms with E-state index in [4.69, 9.17) is 14.2 Å². The Morgan fingerprint density at radius 2 is 2.09 bits per heavy atom. The number of hydrogen-bond donors (Lipinski definition) is 1. The van der Waals surface area contributed by atoms with Crippen molar-refractivity contribution in [1.82, 2.24) is 10.2 Å². The zero-order valence-corrected chi connectivity index (χ0v) is 12.1. The van der Waals surface area contributed by atoms with Crippen molar-refractivity contribution in [2.75, 3.05) is 6.79 Å². The first-order chi connectivity index (χ1) is 10.5. The van der Waals surface area contributed by atoms with E-state index in [0.29, 0.717) is 17.2 Å². The quantitative estimate of drug-likeness (QED) is 0.868. The standard InChI is InChI=1S/C15H14N2O5/c1-8-5-11(14(18)17-16-8)15(19)22-9(2)10-3-4-12-13(6-10)21-7-20-12/h3-6,9H,7H2,1-2H3,(H,17,18). The maximum Gasteiger partial charge on any atom is 0.344 e. The lowest BCUT2D eigenvalue weighted by atomic mass is 10.1. The molecular weight excluding hydrogens is 288 g/mol. The van der Waals surface area contributed by atoms with Gasteiger partial charge in [-0.1, -0.05) is 6.07 Å². The Hall–Kier alpha value is -2.83. The Balaban J connectivity index is 1.79. The lowest BCUT2D eigenvalue weighted by Gasteiger charge is -2.14. The van der Waals surface area contributed by atoms with Gasteiger partial charge in [0.1, 0.15) is 11.7 Å². The van der Waals surface area contributed by atoms with Crippen molar-refractivity contribution in [3.8, 4) is 11.5 Å². The number of fused-ring (bicyclic) bond motifs is 1. The van der Waals surface area contributed by atoms with Gasteiger partial charge in [-0.05, 0) is 37.6 Å². The van der Waals surface area contributed by atoms with E-state index in [-0.39, 0.29) is 12.4 Å². The molecule has 7 heteroatoms. The Morgan fingerprint density at radius 3 is 2.91 bits per heavy atom. The maximum absolute atomic E-state index is 12.1. The van der Waals surface area contributed by atoms with Gasteiger partial charge in [0.15, 0.2) is 11.5 Å². The van der Waals surface area contributed by atoms with Crippen molar-refractivity contribution < 1.29 is 19.0 Å². The van der Waals surface area contributed by atoms with Gasteiger partial charge < -0.3 is 14.2 Å². The first kappa shape index (κ1) is 14.1. The number of aromatic nitrogens is 2. The molecule has 0 saturated heterocycles. The molecule has 0 spiro atoms. The Bertz CT molecular complexity index is 784. The van der Waals surface area contributed by atoms with Crippen LogP contribution in [0.2, 0.25) is 0 Å². The molecule has 1 aromatic heterocycles. The summed E-state index contributed by atoms with van der Waals surface area (Å²) in [6, 6.07) is 6.69. The average molecular weight is 302 g/mol. The highest BCUT2D eigenvalue weighted by molar-refractivity contribution is 5.89. The normalized spacial score (nSPS) is 13.7. The van der Waals surface area contributed by atoms with Gasteiger partial charge in [-0.25, -0.2) is 9.89 Å². The largest absolute Gasteiger partial charge is 0.454 e. The predicted octanol–water partition coefficient (Wildman–Crippen LogP) is 1.73. The summed E-state index contributed by atoms with van der Waals surface area (Å²) >= 11 is 0. The molecular formula is C15H14N2O5. The first-order valence-electron chi connectivity index (χ1n) is 6.71. The molecule has 3 rings (SSSR count). The highest BCUT2D eigenvalue weighted by Gasteiger charge is 2.20. The van der Waals surface area contributed by atoms with Crippen LogP contribution in [0.5, 0.6) is 11.5 Å². The second-order valence-corrected chi connectivity index (χ2v) is 4.91. The van der Waals surface area contributed by atoms with E-state index in [1.807, 2.05) is 0 Å². The summed E-state index contributed by atoms with van der Waals surface area (Å²) in [4.78, 5) is 23.7. The molecule has 1 N–H and O–H groups in total. The lowest BCUT2D eigenvalue weighted by molar-refractivity contribution is 0.0335. The molecule has 1 aromatic carbocycles. The second-order valence-electron chi connectivity index (χ2n) is 4.91. The predicted molar refractivity (Wildman–Crippen MR) is 76.0 cm³/mol. The van der Waals surface area contributed by atoms with Crippen molar-refractivity contribution in [3.63, 3.8) is 0 Å². The number of ether oxygens (including phenoxy) is 3. The average Bonchev–Trinajstić information content (AvgIpc) is 2.97. The molecule has 0 radical (unpaired) electrons. The Labute approximate surface area is 125 Å². The van der Waals surface area contributed by atoms with Crippen LogP contribution in [0.1, 0.15) is 34.6 Å². The van der Waals surface area contributed by atoms with Crippen molar-refractivity contribution >= 4 is 5.97 Å². The van der Waals surface area contributed by atoms with Gasteiger partial charge >= 0.3 is 5.97 Å². The van der Waals surface area contributed by atoms with E-state index in [9.17, 15) is 9.59 Å². The molecule has 0 aliphatic carbocycles. The third-order valence-electron chi connectivity index (χ3n) is 3.30. The second kappa shape index (κ2) is 5.51. The minimum absolute atomic E-state index is 0.0694. The number of aryl methyl sites for hydroxylation is 1. The summed E-state index contributed by atoms with van der Waals surface area (Å²) in [5, 5.41) is 5.98. The summed E-state index contributed by atoms with van der Waals surface area (Å²) < 4.78 is 15.9. The van der Waals surface area contributed by atoms with E-state index < -0.39 is 17.6 Å².